The van der Waals surface area contributed by atoms with Crippen LogP contribution in [0, 0.1) is 0 Å². The Bertz CT molecular complexity index is 1200. The number of hydrogen-bond acceptors (Lipinski definition) is 12. The number of carboxylic acid groups (broad SMARTS) is 3. The van der Waals surface area contributed by atoms with E-state index in [1.54, 1.807) is 0 Å². The molecule has 0 heterocycles. The number of nitrogens with one attached hydrogen (secondary N) is 4. The highest BCUT2D eigenvalue weighted by molar-refractivity contribution is 5.85. The van der Waals surface area contributed by atoms with Gasteiger partial charge in [-0.25, -0.2) is 9.59 Å². The van der Waals surface area contributed by atoms with Crippen molar-refractivity contribution >= 4 is 47.3 Å². The van der Waals surface area contributed by atoms with Crippen LogP contribution in [0.2, 0.25) is 0 Å². The standard InChI is InChI=1S/C39H68N4O15/c1-30(44)16-17-31(38(51)52)43-36(48)29-58-27-25-56-23-21-41-35(47)28-57-26-24-55-22-20-40-33(45)19-18-32(39(53)54)42-34(46)14-12-10-8-6-4-2-3-5-7-9-11-13-15-37(49)50/h31-32H,2-29H2,1H3,(H,40,45)(H,41,47)(H,42,46)(H,43,48)(H,49,50)(H,51,52)(H,53,54)/t31-,32?/m0/s1. The third-order valence-corrected chi connectivity index (χ3v) is 8.60. The lowest BCUT2D eigenvalue weighted by Gasteiger charge is -2.14. The predicted molar refractivity (Wildman–Crippen MR) is 210 cm³/mol. The third-order valence-electron chi connectivity index (χ3n) is 8.60. The van der Waals surface area contributed by atoms with Gasteiger partial charge in [-0.3, -0.25) is 24.0 Å². The van der Waals surface area contributed by atoms with Crippen LogP contribution in [0.5, 0.6) is 0 Å². The average Bonchev–Trinajstić information content (AvgIpc) is 3.16. The van der Waals surface area contributed by atoms with Gasteiger partial charge in [0, 0.05) is 38.8 Å². The van der Waals surface area contributed by atoms with Crippen molar-refractivity contribution in [2.45, 2.75) is 135 Å². The largest absolute Gasteiger partial charge is 0.481 e. The van der Waals surface area contributed by atoms with E-state index in [2.05, 4.69) is 21.3 Å². The third kappa shape index (κ3) is 36.2. The summed E-state index contributed by atoms with van der Waals surface area (Å²) in [4.78, 5) is 92.5. The van der Waals surface area contributed by atoms with Gasteiger partial charge in [-0.15, -0.1) is 0 Å². The Morgan fingerprint density at radius 1 is 0.431 bits per heavy atom. The van der Waals surface area contributed by atoms with Gasteiger partial charge in [-0.05, 0) is 32.6 Å². The Labute approximate surface area is 341 Å². The smallest absolute Gasteiger partial charge is 0.326 e. The zero-order chi connectivity index (χ0) is 43.2. The van der Waals surface area contributed by atoms with E-state index in [0.717, 1.165) is 57.8 Å². The van der Waals surface area contributed by atoms with Crippen LogP contribution in [0.4, 0.5) is 0 Å². The average molecular weight is 833 g/mol. The van der Waals surface area contributed by atoms with Crippen molar-refractivity contribution in [2.24, 2.45) is 0 Å². The second-order valence-electron chi connectivity index (χ2n) is 13.9. The molecular formula is C39H68N4O15. The molecule has 19 nitrogen and oxygen atoms in total. The molecule has 334 valence electrons. The normalized spacial score (nSPS) is 11.9. The highest BCUT2D eigenvalue weighted by atomic mass is 16.5. The molecule has 4 amide bonds. The molecule has 58 heavy (non-hydrogen) atoms. The minimum absolute atomic E-state index is 0.00913. The molecule has 19 heteroatoms. The molecule has 0 saturated heterocycles. The number of carbonyl (C=O) groups excluding carboxylic acids is 5. The summed E-state index contributed by atoms with van der Waals surface area (Å²) < 4.78 is 21.0. The lowest BCUT2D eigenvalue weighted by molar-refractivity contribution is -0.143. The lowest BCUT2D eigenvalue weighted by Crippen LogP contribution is -2.42. The van der Waals surface area contributed by atoms with Gasteiger partial charge in [0.25, 0.3) is 0 Å². The Balaban J connectivity index is 3.74. The fraction of sp³-hybridized carbons (Fsp3) is 0.795. The molecule has 0 aliphatic carbocycles. The van der Waals surface area contributed by atoms with Crippen LogP contribution >= 0.6 is 0 Å². The van der Waals surface area contributed by atoms with E-state index in [4.69, 9.17) is 29.2 Å². The minimum Gasteiger partial charge on any atom is -0.481 e. The van der Waals surface area contributed by atoms with E-state index in [1.165, 1.54) is 19.8 Å². The first-order valence-corrected chi connectivity index (χ1v) is 20.4. The SMILES string of the molecule is CC(=O)CC[C@H](NC(=O)COCCOCCNC(=O)COCCOCCNC(=O)CCC(NC(=O)CCCCCCCCCCCCCCC(=O)O)C(=O)O)C(=O)O. The van der Waals surface area contributed by atoms with Gasteiger partial charge in [0.15, 0.2) is 0 Å². The van der Waals surface area contributed by atoms with Crippen LogP contribution in [0.15, 0.2) is 0 Å². The molecule has 7 N–H and O–H groups in total. The number of amides is 4. The quantitative estimate of drug-likeness (QED) is 0.0435. The maximum absolute atomic E-state index is 12.3. The van der Waals surface area contributed by atoms with Gasteiger partial charge in [-0.1, -0.05) is 64.2 Å². The van der Waals surface area contributed by atoms with E-state index >= 15 is 0 Å². The van der Waals surface area contributed by atoms with Gasteiger partial charge < -0.3 is 60.3 Å². The summed E-state index contributed by atoms with van der Waals surface area (Å²) in [6.45, 7) is 2.02. The number of rotatable bonds is 41. The molecule has 0 fully saturated rings. The van der Waals surface area contributed by atoms with E-state index in [0.29, 0.717) is 6.42 Å². The first kappa shape index (κ1) is 53.8. The maximum Gasteiger partial charge on any atom is 0.326 e. The zero-order valence-electron chi connectivity index (χ0n) is 34.2. The van der Waals surface area contributed by atoms with Gasteiger partial charge in [0.1, 0.15) is 31.1 Å². The number of carboxylic acids is 3. The zero-order valence-corrected chi connectivity index (χ0v) is 34.2. The number of Topliss-reactive ketones (excluding diaryl/α,β-unsaturated/α-hetero) is 1. The monoisotopic (exact) mass is 832 g/mol. The topological polar surface area (TPSA) is 282 Å². The van der Waals surface area contributed by atoms with Crippen molar-refractivity contribution in [2.75, 3.05) is 65.9 Å². The predicted octanol–water partition coefficient (Wildman–Crippen LogP) is 2.12. The molecule has 1 unspecified atom stereocenters. The number of aliphatic carboxylic acids is 3. The molecule has 0 aliphatic rings. The van der Waals surface area contributed by atoms with Gasteiger partial charge in [0.05, 0.1) is 39.6 Å². The van der Waals surface area contributed by atoms with Crippen molar-refractivity contribution in [3.05, 3.63) is 0 Å². The Kier molecular flexibility index (Phi) is 34.4. The number of carbonyl (C=O) groups is 8. The molecule has 0 spiro atoms. The van der Waals surface area contributed by atoms with Gasteiger partial charge in [0.2, 0.25) is 23.6 Å². The van der Waals surface area contributed by atoms with Gasteiger partial charge >= 0.3 is 17.9 Å². The van der Waals surface area contributed by atoms with Crippen LogP contribution in [0.25, 0.3) is 0 Å². The molecule has 2 atom stereocenters. The van der Waals surface area contributed by atoms with Crippen LogP contribution < -0.4 is 21.3 Å². The van der Waals surface area contributed by atoms with E-state index in [1.807, 2.05) is 0 Å². The fourth-order valence-corrected chi connectivity index (χ4v) is 5.40. The molecule has 0 aliphatic heterocycles. The molecule has 0 radical (unpaired) electrons. The van der Waals surface area contributed by atoms with Crippen molar-refractivity contribution < 1.29 is 72.6 Å². The van der Waals surface area contributed by atoms with Gasteiger partial charge in [-0.2, -0.15) is 0 Å². The molecule has 0 aromatic rings. The maximum atomic E-state index is 12.3. The summed E-state index contributed by atoms with van der Waals surface area (Å²) >= 11 is 0. The first-order valence-electron chi connectivity index (χ1n) is 20.4. The summed E-state index contributed by atoms with van der Waals surface area (Å²) in [6, 6.07) is -2.33. The molecule has 0 aromatic heterocycles. The van der Waals surface area contributed by atoms with Crippen molar-refractivity contribution in [1.29, 1.82) is 0 Å². The summed E-state index contributed by atoms with van der Waals surface area (Å²) in [5.41, 5.74) is 0. The number of ether oxygens (including phenoxy) is 4. The first-order chi connectivity index (χ1) is 27.8. The summed E-state index contributed by atoms with van der Waals surface area (Å²) in [5, 5.41) is 37.3. The second kappa shape index (κ2) is 37.1. The number of unbranched alkanes of at least 4 members (excludes halogenated alkanes) is 11. The summed E-state index contributed by atoms with van der Waals surface area (Å²) in [7, 11) is 0. The minimum atomic E-state index is -1.24. The Hall–Kier alpha value is -4.20. The van der Waals surface area contributed by atoms with E-state index in [-0.39, 0.29) is 128 Å². The van der Waals surface area contributed by atoms with Crippen LogP contribution in [-0.4, -0.2) is 141 Å². The second-order valence-corrected chi connectivity index (χ2v) is 13.9. The van der Waals surface area contributed by atoms with Crippen molar-refractivity contribution in [1.82, 2.24) is 21.3 Å². The van der Waals surface area contributed by atoms with E-state index in [9.17, 15) is 43.5 Å². The number of hydrogen-bond donors (Lipinski definition) is 7. The highest BCUT2D eigenvalue weighted by Gasteiger charge is 2.21. The molecule has 0 bridgehead atoms. The Morgan fingerprint density at radius 2 is 0.828 bits per heavy atom. The molecule has 0 aromatic carbocycles. The van der Waals surface area contributed by atoms with Crippen LogP contribution in [0.3, 0.4) is 0 Å². The molecule has 0 saturated carbocycles. The lowest BCUT2D eigenvalue weighted by atomic mass is 10.0. The van der Waals surface area contributed by atoms with Crippen molar-refractivity contribution in [3.63, 3.8) is 0 Å². The summed E-state index contributed by atoms with van der Waals surface area (Å²) in [5.74, 6) is -5.07. The van der Waals surface area contributed by atoms with Crippen LogP contribution in [0.1, 0.15) is 122 Å². The van der Waals surface area contributed by atoms with E-state index < -0.39 is 35.9 Å². The number of ketones is 1. The van der Waals surface area contributed by atoms with Crippen LogP contribution in [-0.2, 0) is 57.3 Å². The molecule has 0 rings (SSSR count). The molecular weight excluding hydrogens is 764 g/mol. The van der Waals surface area contributed by atoms with Crippen molar-refractivity contribution in [3.8, 4) is 0 Å². The highest BCUT2D eigenvalue weighted by Crippen LogP contribution is 2.13. The fourth-order valence-electron chi connectivity index (χ4n) is 5.40. The summed E-state index contributed by atoms with van der Waals surface area (Å²) in [6.07, 6.45) is 12.6. The Morgan fingerprint density at radius 3 is 1.29 bits per heavy atom.